The van der Waals surface area contributed by atoms with E-state index < -0.39 is 5.97 Å². The van der Waals surface area contributed by atoms with E-state index in [-0.39, 0.29) is 6.42 Å². The fraction of sp³-hybridized carbons (Fsp3) is 0.615. The van der Waals surface area contributed by atoms with E-state index in [1.54, 1.807) is 11.3 Å². The molecule has 1 aromatic rings. The molecule has 2 rings (SSSR count). The fourth-order valence-corrected chi connectivity index (χ4v) is 3.99. The second-order valence-electron chi connectivity index (χ2n) is 4.57. The fourth-order valence-electron chi connectivity index (χ4n) is 2.03. The van der Waals surface area contributed by atoms with E-state index in [1.165, 1.54) is 29.5 Å². The minimum atomic E-state index is -0.760. The third-order valence-corrected chi connectivity index (χ3v) is 5.08. The van der Waals surface area contributed by atoms with Gasteiger partial charge in [0.05, 0.1) is 6.42 Å². The molecule has 1 aromatic heterocycles. The van der Waals surface area contributed by atoms with Gasteiger partial charge in [-0.05, 0) is 12.1 Å². The van der Waals surface area contributed by atoms with Crippen LogP contribution >= 0.6 is 23.1 Å². The largest absolute Gasteiger partial charge is 0.481 e. The van der Waals surface area contributed by atoms with Crippen LogP contribution in [0.5, 0.6) is 0 Å². The van der Waals surface area contributed by atoms with Crippen molar-refractivity contribution in [3.8, 4) is 0 Å². The number of hydrogen-bond donors (Lipinski definition) is 2. The van der Waals surface area contributed by atoms with Crippen molar-refractivity contribution >= 4 is 29.1 Å². The Hall–Kier alpha value is -0.560. The number of aliphatic carboxylic acids is 1. The van der Waals surface area contributed by atoms with Crippen LogP contribution in [0, 0.1) is 0 Å². The highest BCUT2D eigenvalue weighted by molar-refractivity contribution is 7.99. The van der Waals surface area contributed by atoms with Gasteiger partial charge in [0, 0.05) is 54.0 Å². The van der Waals surface area contributed by atoms with Crippen molar-refractivity contribution in [2.24, 2.45) is 0 Å². The Bertz CT molecular complexity index is 403. The van der Waals surface area contributed by atoms with Gasteiger partial charge in [0.15, 0.2) is 0 Å². The topological polar surface area (TPSA) is 52.6 Å². The minimum absolute atomic E-state index is 0.135. The summed E-state index contributed by atoms with van der Waals surface area (Å²) in [6.07, 6.45) is 0.135. The van der Waals surface area contributed by atoms with Crippen molar-refractivity contribution in [3.63, 3.8) is 0 Å². The summed E-state index contributed by atoms with van der Waals surface area (Å²) in [5, 5.41) is 12.1. The summed E-state index contributed by atoms with van der Waals surface area (Å²) < 4.78 is 0. The number of nitrogens with zero attached hydrogens (tertiary/aromatic N) is 1. The Kier molecular flexibility index (Phi) is 6.16. The SMILES string of the molecule is O=C(O)Cc1ccc(CNCCN2CCSCC2)s1. The Morgan fingerprint density at radius 1 is 1.32 bits per heavy atom. The zero-order valence-corrected chi connectivity index (χ0v) is 12.6. The maximum atomic E-state index is 10.6. The molecule has 19 heavy (non-hydrogen) atoms. The first-order chi connectivity index (χ1) is 9.24. The monoisotopic (exact) mass is 300 g/mol. The molecule has 0 radical (unpaired) electrons. The molecule has 0 aromatic carbocycles. The van der Waals surface area contributed by atoms with Gasteiger partial charge < -0.3 is 15.3 Å². The summed E-state index contributed by atoms with van der Waals surface area (Å²) in [6.45, 7) is 5.35. The van der Waals surface area contributed by atoms with Crippen LogP contribution in [-0.4, -0.2) is 53.7 Å². The molecule has 0 bridgehead atoms. The first-order valence-corrected chi connectivity index (χ1v) is 8.51. The summed E-state index contributed by atoms with van der Waals surface area (Å²) in [5.74, 6) is 1.75. The number of thioether (sulfide) groups is 1. The highest BCUT2D eigenvalue weighted by atomic mass is 32.2. The van der Waals surface area contributed by atoms with Crippen molar-refractivity contribution in [2.45, 2.75) is 13.0 Å². The van der Waals surface area contributed by atoms with E-state index in [0.717, 1.165) is 24.5 Å². The standard InChI is InChI=1S/C13H20N2O2S2/c16-13(17)9-11-1-2-12(19-11)10-14-3-4-15-5-7-18-8-6-15/h1-2,14H,3-10H2,(H,16,17). The molecule has 2 N–H and O–H groups in total. The normalized spacial score (nSPS) is 16.6. The van der Waals surface area contributed by atoms with E-state index >= 15 is 0 Å². The molecule has 1 fully saturated rings. The van der Waals surface area contributed by atoms with E-state index in [2.05, 4.69) is 10.2 Å². The van der Waals surface area contributed by atoms with Gasteiger partial charge in [-0.15, -0.1) is 11.3 Å². The molecule has 106 valence electrons. The van der Waals surface area contributed by atoms with Crippen LogP contribution < -0.4 is 5.32 Å². The zero-order chi connectivity index (χ0) is 13.5. The van der Waals surface area contributed by atoms with Crippen LogP contribution in [0.3, 0.4) is 0 Å². The molecular formula is C13H20N2O2S2. The Morgan fingerprint density at radius 2 is 2.05 bits per heavy atom. The summed E-state index contributed by atoms with van der Waals surface area (Å²) >= 11 is 3.62. The molecule has 0 amide bonds. The molecule has 4 nitrogen and oxygen atoms in total. The maximum absolute atomic E-state index is 10.6. The van der Waals surface area contributed by atoms with Gasteiger partial charge in [0.25, 0.3) is 0 Å². The highest BCUT2D eigenvalue weighted by Gasteiger charge is 2.09. The van der Waals surface area contributed by atoms with Gasteiger partial charge in [-0.25, -0.2) is 0 Å². The molecule has 1 aliphatic heterocycles. The van der Waals surface area contributed by atoms with Crippen molar-refractivity contribution in [1.82, 2.24) is 10.2 Å². The van der Waals surface area contributed by atoms with Crippen LogP contribution in [0.2, 0.25) is 0 Å². The predicted molar refractivity (Wildman–Crippen MR) is 81.1 cm³/mol. The average molecular weight is 300 g/mol. The van der Waals surface area contributed by atoms with Gasteiger partial charge in [-0.3, -0.25) is 4.79 Å². The highest BCUT2D eigenvalue weighted by Crippen LogP contribution is 2.16. The number of carboxylic acid groups (broad SMARTS) is 1. The van der Waals surface area contributed by atoms with Crippen LogP contribution in [0.1, 0.15) is 9.75 Å². The van der Waals surface area contributed by atoms with Gasteiger partial charge in [-0.2, -0.15) is 11.8 Å². The van der Waals surface area contributed by atoms with E-state index in [4.69, 9.17) is 5.11 Å². The van der Waals surface area contributed by atoms with Crippen LogP contribution in [0.25, 0.3) is 0 Å². The molecule has 1 aliphatic rings. The lowest BCUT2D eigenvalue weighted by molar-refractivity contribution is -0.136. The molecule has 0 saturated carbocycles. The number of hydrogen-bond acceptors (Lipinski definition) is 5. The Morgan fingerprint density at radius 3 is 2.79 bits per heavy atom. The molecule has 0 atom stereocenters. The molecule has 1 saturated heterocycles. The summed E-state index contributed by atoms with van der Waals surface area (Å²) in [4.78, 5) is 15.2. The minimum Gasteiger partial charge on any atom is -0.481 e. The average Bonchev–Trinajstić information content (AvgIpc) is 2.83. The van der Waals surface area contributed by atoms with E-state index in [9.17, 15) is 4.79 Å². The number of carbonyl (C=O) groups is 1. The number of nitrogens with one attached hydrogen (secondary N) is 1. The molecule has 6 heteroatoms. The quantitative estimate of drug-likeness (QED) is 0.748. The van der Waals surface area contributed by atoms with E-state index in [1.807, 2.05) is 23.9 Å². The second kappa shape index (κ2) is 7.89. The molecule has 0 unspecified atom stereocenters. The smallest absolute Gasteiger partial charge is 0.308 e. The number of carboxylic acids is 1. The number of rotatable bonds is 7. The molecule has 0 aliphatic carbocycles. The van der Waals surface area contributed by atoms with Crippen LogP contribution in [0.15, 0.2) is 12.1 Å². The maximum Gasteiger partial charge on any atom is 0.308 e. The number of thiophene rings is 1. The van der Waals surface area contributed by atoms with Crippen molar-refractivity contribution in [2.75, 3.05) is 37.7 Å². The van der Waals surface area contributed by atoms with Crippen LogP contribution in [-0.2, 0) is 17.8 Å². The lowest BCUT2D eigenvalue weighted by Crippen LogP contribution is -2.37. The third-order valence-electron chi connectivity index (χ3n) is 3.05. The van der Waals surface area contributed by atoms with Crippen molar-refractivity contribution in [1.29, 1.82) is 0 Å². The second-order valence-corrected chi connectivity index (χ2v) is 7.05. The first kappa shape index (κ1) is 14.8. The third kappa shape index (κ3) is 5.52. The van der Waals surface area contributed by atoms with Crippen molar-refractivity contribution in [3.05, 3.63) is 21.9 Å². The lowest BCUT2D eigenvalue weighted by Gasteiger charge is -2.26. The van der Waals surface area contributed by atoms with Gasteiger partial charge >= 0.3 is 5.97 Å². The molecular weight excluding hydrogens is 280 g/mol. The van der Waals surface area contributed by atoms with Gasteiger partial charge in [0.2, 0.25) is 0 Å². The summed E-state index contributed by atoms with van der Waals surface area (Å²) in [5.41, 5.74) is 0. The predicted octanol–water partition coefficient (Wildman–Crippen LogP) is 1.51. The Balaban J connectivity index is 1.62. The van der Waals surface area contributed by atoms with Crippen molar-refractivity contribution < 1.29 is 9.90 Å². The van der Waals surface area contributed by atoms with Gasteiger partial charge in [-0.1, -0.05) is 0 Å². The molecule has 2 heterocycles. The van der Waals surface area contributed by atoms with Gasteiger partial charge in [0.1, 0.15) is 0 Å². The van der Waals surface area contributed by atoms with Crippen LogP contribution in [0.4, 0.5) is 0 Å². The summed E-state index contributed by atoms with van der Waals surface area (Å²) in [7, 11) is 0. The molecule has 0 spiro atoms. The first-order valence-electron chi connectivity index (χ1n) is 6.54. The van der Waals surface area contributed by atoms with E-state index in [0.29, 0.717) is 0 Å². The Labute approximate surface area is 122 Å². The lowest BCUT2D eigenvalue weighted by atomic mass is 10.3. The summed E-state index contributed by atoms with van der Waals surface area (Å²) in [6, 6.07) is 3.94. The zero-order valence-electron chi connectivity index (χ0n) is 10.9.